The van der Waals surface area contributed by atoms with E-state index in [4.69, 9.17) is 9.47 Å². The Labute approximate surface area is 254 Å². The van der Waals surface area contributed by atoms with Crippen molar-refractivity contribution < 1.29 is 33.4 Å². The van der Waals surface area contributed by atoms with Gasteiger partial charge in [0.05, 0.1) is 6.04 Å². The molecule has 9 nitrogen and oxygen atoms in total. The van der Waals surface area contributed by atoms with Gasteiger partial charge in [-0.05, 0) is 47.5 Å². The maximum absolute atomic E-state index is 15.1. The third-order valence-corrected chi connectivity index (χ3v) is 7.31. The van der Waals surface area contributed by atoms with Crippen molar-refractivity contribution >= 4 is 23.5 Å². The van der Waals surface area contributed by atoms with Crippen LogP contribution in [-0.4, -0.2) is 71.3 Å². The molecule has 5 rings (SSSR count). The summed E-state index contributed by atoms with van der Waals surface area (Å²) < 4.78 is 25.6. The number of aliphatic carboxylic acids is 1. The lowest BCUT2D eigenvalue weighted by Gasteiger charge is -2.39. The molecule has 1 heterocycles. The van der Waals surface area contributed by atoms with E-state index < -0.39 is 17.7 Å². The number of nitrogens with zero attached hydrogens (tertiary/aromatic N) is 2. The van der Waals surface area contributed by atoms with Crippen LogP contribution in [-0.2, 0) is 14.4 Å². The number of anilines is 1. The molecule has 2 amide bonds. The summed E-state index contributed by atoms with van der Waals surface area (Å²) in [6, 6.07) is 33.9. The zero-order valence-corrected chi connectivity index (χ0v) is 23.8. The zero-order chi connectivity index (χ0) is 30.9. The minimum absolute atomic E-state index is 0.0906. The van der Waals surface area contributed by atoms with Crippen molar-refractivity contribution in [3.8, 4) is 11.5 Å². The Morgan fingerprint density at radius 1 is 0.750 bits per heavy atom. The molecule has 0 radical (unpaired) electrons. The molecule has 1 fully saturated rings. The molecule has 10 heteroatoms. The summed E-state index contributed by atoms with van der Waals surface area (Å²) in [6.45, 7) is 2.35. The average Bonchev–Trinajstić information content (AvgIpc) is 3.06. The maximum atomic E-state index is 15.1. The summed E-state index contributed by atoms with van der Waals surface area (Å²) >= 11 is 0. The number of ether oxygens (including phenoxy) is 2. The van der Waals surface area contributed by atoms with Crippen LogP contribution in [0.3, 0.4) is 0 Å². The molecular formula is C34H32FN3O6. The van der Waals surface area contributed by atoms with Crippen molar-refractivity contribution in [3.05, 3.63) is 126 Å². The normalized spacial score (nSPS) is 14.8. The van der Waals surface area contributed by atoms with Crippen LogP contribution in [0.25, 0.3) is 0 Å². The molecule has 2 N–H and O–H groups in total. The number of rotatable bonds is 11. The van der Waals surface area contributed by atoms with E-state index in [1.807, 2.05) is 36.4 Å². The standard InChI is InChI=1S/C34H32FN3O6/c35-34(33(41)42,44-29-14-8-3-9-15-29)32(40)36-27-16-18-28(19-17-27)43-24-30(39)37-20-22-38(23-21-37)31(25-10-4-1-5-11-25)26-12-6-2-7-13-26/h1-19,31H,20-24H2,(H,36,40)(H,41,42). The molecule has 4 aromatic rings. The molecule has 226 valence electrons. The molecule has 1 saturated heterocycles. The second-order valence-corrected chi connectivity index (χ2v) is 10.2. The van der Waals surface area contributed by atoms with Crippen LogP contribution in [0, 0.1) is 0 Å². The molecular weight excluding hydrogens is 565 g/mol. The number of piperazine rings is 1. The summed E-state index contributed by atoms with van der Waals surface area (Å²) in [5.41, 5.74) is 2.52. The highest BCUT2D eigenvalue weighted by Gasteiger charge is 2.50. The number of para-hydroxylation sites is 1. The van der Waals surface area contributed by atoms with E-state index in [1.54, 1.807) is 11.0 Å². The van der Waals surface area contributed by atoms with Crippen molar-refractivity contribution in [2.75, 3.05) is 38.1 Å². The van der Waals surface area contributed by atoms with Crippen LogP contribution in [0.15, 0.2) is 115 Å². The number of amides is 2. The fraction of sp³-hybridized carbons (Fsp3) is 0.206. The van der Waals surface area contributed by atoms with Crippen LogP contribution >= 0.6 is 0 Å². The minimum atomic E-state index is -3.64. The molecule has 0 aromatic heterocycles. The number of carboxylic acid groups (broad SMARTS) is 1. The quantitative estimate of drug-likeness (QED) is 0.240. The van der Waals surface area contributed by atoms with Gasteiger partial charge in [-0.2, -0.15) is 4.39 Å². The summed E-state index contributed by atoms with van der Waals surface area (Å²) in [5.74, 6) is -7.15. The number of benzene rings is 4. The Balaban J connectivity index is 1.13. The number of carbonyl (C=O) groups is 3. The first-order chi connectivity index (χ1) is 21.3. The van der Waals surface area contributed by atoms with Crippen LogP contribution in [0.4, 0.5) is 10.1 Å². The molecule has 0 saturated carbocycles. The van der Waals surface area contributed by atoms with E-state index in [0.717, 1.165) is 0 Å². The summed E-state index contributed by atoms with van der Waals surface area (Å²) in [7, 11) is 0. The van der Waals surface area contributed by atoms with E-state index in [0.29, 0.717) is 31.9 Å². The second kappa shape index (κ2) is 13.8. The predicted octanol–water partition coefficient (Wildman–Crippen LogP) is 4.77. The number of hydrogen-bond donors (Lipinski definition) is 2. The van der Waals surface area contributed by atoms with Gasteiger partial charge in [0.2, 0.25) is 0 Å². The van der Waals surface area contributed by atoms with Gasteiger partial charge < -0.3 is 24.8 Å². The maximum Gasteiger partial charge on any atom is 0.425 e. The van der Waals surface area contributed by atoms with Gasteiger partial charge in [-0.15, -0.1) is 0 Å². The van der Waals surface area contributed by atoms with Crippen molar-refractivity contribution in [2.24, 2.45) is 0 Å². The molecule has 1 aliphatic heterocycles. The van der Waals surface area contributed by atoms with Crippen molar-refractivity contribution in [1.82, 2.24) is 9.80 Å². The predicted molar refractivity (Wildman–Crippen MR) is 162 cm³/mol. The van der Waals surface area contributed by atoms with Gasteiger partial charge in [0.15, 0.2) is 6.61 Å². The number of carbonyl (C=O) groups excluding carboxylic acids is 2. The molecule has 0 spiro atoms. The first-order valence-corrected chi connectivity index (χ1v) is 14.2. The van der Waals surface area contributed by atoms with E-state index in [9.17, 15) is 19.5 Å². The lowest BCUT2D eigenvalue weighted by Crippen LogP contribution is -2.51. The first kappa shape index (κ1) is 30.2. The number of alkyl halides is 1. The summed E-state index contributed by atoms with van der Waals surface area (Å²) in [4.78, 5) is 41.2. The largest absolute Gasteiger partial charge is 0.484 e. The van der Waals surface area contributed by atoms with E-state index in [1.165, 1.54) is 59.7 Å². The smallest absolute Gasteiger partial charge is 0.425 e. The summed E-state index contributed by atoms with van der Waals surface area (Å²) in [5, 5.41) is 11.6. The van der Waals surface area contributed by atoms with Gasteiger partial charge in [0.25, 0.3) is 5.91 Å². The number of nitrogens with one attached hydrogen (secondary N) is 1. The lowest BCUT2D eigenvalue weighted by molar-refractivity contribution is -0.178. The van der Waals surface area contributed by atoms with Gasteiger partial charge in [-0.1, -0.05) is 78.9 Å². The van der Waals surface area contributed by atoms with Gasteiger partial charge in [-0.3, -0.25) is 14.5 Å². The summed E-state index contributed by atoms with van der Waals surface area (Å²) in [6.07, 6.45) is 0. The lowest BCUT2D eigenvalue weighted by atomic mass is 9.96. The minimum Gasteiger partial charge on any atom is -0.484 e. The third-order valence-electron chi connectivity index (χ3n) is 7.31. The first-order valence-electron chi connectivity index (χ1n) is 14.2. The Hall–Kier alpha value is -5.22. The van der Waals surface area contributed by atoms with E-state index >= 15 is 4.39 Å². The van der Waals surface area contributed by atoms with Crippen LogP contribution < -0.4 is 14.8 Å². The van der Waals surface area contributed by atoms with Gasteiger partial charge >= 0.3 is 17.7 Å². The van der Waals surface area contributed by atoms with Crippen molar-refractivity contribution in [1.29, 1.82) is 0 Å². The van der Waals surface area contributed by atoms with Gasteiger partial charge in [0.1, 0.15) is 11.5 Å². The Bertz CT molecular complexity index is 1510. The van der Waals surface area contributed by atoms with Crippen LogP contribution in [0.5, 0.6) is 11.5 Å². The molecule has 1 atom stereocenters. The average molecular weight is 598 g/mol. The molecule has 0 bridgehead atoms. The number of carboxylic acids is 1. The van der Waals surface area contributed by atoms with Crippen molar-refractivity contribution in [2.45, 2.75) is 11.9 Å². The number of hydrogen-bond acceptors (Lipinski definition) is 6. The van der Waals surface area contributed by atoms with Crippen LogP contribution in [0.1, 0.15) is 17.2 Å². The molecule has 4 aromatic carbocycles. The Morgan fingerprint density at radius 2 is 1.27 bits per heavy atom. The fourth-order valence-electron chi connectivity index (χ4n) is 5.03. The van der Waals surface area contributed by atoms with Crippen molar-refractivity contribution in [3.63, 3.8) is 0 Å². The zero-order valence-electron chi connectivity index (χ0n) is 23.8. The van der Waals surface area contributed by atoms with E-state index in [2.05, 4.69) is 34.5 Å². The number of halogens is 1. The van der Waals surface area contributed by atoms with Gasteiger partial charge in [-0.25, -0.2) is 4.79 Å². The highest BCUT2D eigenvalue weighted by molar-refractivity contribution is 6.10. The van der Waals surface area contributed by atoms with Gasteiger partial charge in [0, 0.05) is 31.9 Å². The van der Waals surface area contributed by atoms with E-state index in [-0.39, 0.29) is 30.0 Å². The fourth-order valence-corrected chi connectivity index (χ4v) is 5.03. The molecule has 1 unspecified atom stereocenters. The topological polar surface area (TPSA) is 108 Å². The second-order valence-electron chi connectivity index (χ2n) is 10.2. The monoisotopic (exact) mass is 597 g/mol. The molecule has 44 heavy (non-hydrogen) atoms. The Morgan fingerprint density at radius 3 is 1.80 bits per heavy atom. The third kappa shape index (κ3) is 7.22. The van der Waals surface area contributed by atoms with Crippen LogP contribution in [0.2, 0.25) is 0 Å². The highest BCUT2D eigenvalue weighted by Crippen LogP contribution is 2.29. The highest BCUT2D eigenvalue weighted by atomic mass is 19.2. The Kier molecular flexibility index (Phi) is 9.51. The SMILES string of the molecule is O=C(COc1ccc(NC(=O)C(F)(Oc2ccccc2)C(=O)O)cc1)N1CCN(C(c2ccccc2)c2ccccc2)CC1. The molecule has 1 aliphatic rings. The molecule has 0 aliphatic carbocycles.